The fourth-order valence-corrected chi connectivity index (χ4v) is 1.67. The summed E-state index contributed by atoms with van der Waals surface area (Å²) in [6.07, 6.45) is 2.18. The highest BCUT2D eigenvalue weighted by molar-refractivity contribution is 5.38. The van der Waals surface area contributed by atoms with Crippen molar-refractivity contribution in [2.45, 2.75) is 19.8 Å². The summed E-state index contributed by atoms with van der Waals surface area (Å²) in [5, 5.41) is 8.73. The lowest BCUT2D eigenvalue weighted by Crippen LogP contribution is -1.96. The minimum atomic E-state index is 0.622. The first kappa shape index (κ1) is 14.0. The van der Waals surface area contributed by atoms with Crippen molar-refractivity contribution in [1.82, 2.24) is 0 Å². The van der Waals surface area contributed by atoms with Gasteiger partial charge >= 0.3 is 0 Å². The van der Waals surface area contributed by atoms with Crippen LogP contribution < -0.4 is 9.47 Å². The van der Waals surface area contributed by atoms with Crippen LogP contribution in [0.5, 0.6) is 17.2 Å². The van der Waals surface area contributed by atoms with E-state index in [1.165, 1.54) is 0 Å². The Hall–Kier alpha value is -2.47. The summed E-state index contributed by atoms with van der Waals surface area (Å²) >= 11 is 0. The zero-order valence-corrected chi connectivity index (χ0v) is 11.5. The van der Waals surface area contributed by atoms with E-state index < -0.39 is 0 Å². The fourth-order valence-electron chi connectivity index (χ4n) is 1.67. The maximum Gasteiger partial charge on any atom is 0.127 e. The predicted molar refractivity (Wildman–Crippen MR) is 78.1 cm³/mol. The molecule has 0 amide bonds. The molecule has 2 aromatic rings. The first-order chi connectivity index (χ1) is 9.81. The zero-order chi connectivity index (χ0) is 14.2. The van der Waals surface area contributed by atoms with Crippen molar-refractivity contribution < 1.29 is 9.47 Å². The van der Waals surface area contributed by atoms with Gasteiger partial charge in [0.15, 0.2) is 0 Å². The smallest absolute Gasteiger partial charge is 0.127 e. The van der Waals surface area contributed by atoms with E-state index >= 15 is 0 Å². The van der Waals surface area contributed by atoms with Gasteiger partial charge in [0.25, 0.3) is 0 Å². The standard InChI is InChI=1S/C17H17NO2/c1-2-3-12-19-15-8-10-17(11-9-15)20-16-6-4-14(13-18)5-7-16/h4-11H,2-3,12H2,1H3. The second kappa shape index (κ2) is 7.20. The van der Waals surface area contributed by atoms with Crippen molar-refractivity contribution in [1.29, 1.82) is 5.26 Å². The zero-order valence-electron chi connectivity index (χ0n) is 11.5. The summed E-state index contributed by atoms with van der Waals surface area (Å²) in [6.45, 7) is 2.88. The second-order valence-corrected chi connectivity index (χ2v) is 4.41. The van der Waals surface area contributed by atoms with Gasteiger partial charge < -0.3 is 9.47 Å². The summed E-state index contributed by atoms with van der Waals surface area (Å²) in [7, 11) is 0. The van der Waals surface area contributed by atoms with Gasteiger partial charge in [0, 0.05) is 0 Å². The van der Waals surface area contributed by atoms with E-state index in [-0.39, 0.29) is 0 Å². The highest BCUT2D eigenvalue weighted by Crippen LogP contribution is 2.24. The lowest BCUT2D eigenvalue weighted by molar-refractivity contribution is 0.309. The van der Waals surface area contributed by atoms with Gasteiger partial charge in [0.1, 0.15) is 17.2 Å². The van der Waals surface area contributed by atoms with Crippen LogP contribution in [-0.2, 0) is 0 Å². The van der Waals surface area contributed by atoms with E-state index in [4.69, 9.17) is 14.7 Å². The van der Waals surface area contributed by atoms with Crippen LogP contribution in [0.2, 0.25) is 0 Å². The second-order valence-electron chi connectivity index (χ2n) is 4.41. The largest absolute Gasteiger partial charge is 0.494 e. The van der Waals surface area contributed by atoms with E-state index in [0.717, 1.165) is 30.9 Å². The Morgan fingerprint density at radius 2 is 1.45 bits per heavy atom. The summed E-state index contributed by atoms with van der Waals surface area (Å²) < 4.78 is 11.3. The van der Waals surface area contributed by atoms with Crippen LogP contribution in [0.4, 0.5) is 0 Å². The number of hydrogen-bond acceptors (Lipinski definition) is 3. The molecule has 0 N–H and O–H groups in total. The SMILES string of the molecule is CCCCOc1ccc(Oc2ccc(C#N)cc2)cc1. The molecule has 102 valence electrons. The number of benzene rings is 2. The first-order valence-electron chi connectivity index (χ1n) is 6.72. The molecule has 2 rings (SSSR count). The maximum absolute atomic E-state index is 8.73. The number of nitrogens with zero attached hydrogens (tertiary/aromatic N) is 1. The first-order valence-corrected chi connectivity index (χ1v) is 6.72. The lowest BCUT2D eigenvalue weighted by Gasteiger charge is -2.08. The molecular formula is C17H17NO2. The third-order valence-electron chi connectivity index (χ3n) is 2.81. The highest BCUT2D eigenvalue weighted by Gasteiger charge is 1.99. The van der Waals surface area contributed by atoms with Gasteiger partial charge in [-0.2, -0.15) is 5.26 Å². The van der Waals surface area contributed by atoms with Gasteiger partial charge in [-0.1, -0.05) is 13.3 Å². The van der Waals surface area contributed by atoms with E-state index in [0.29, 0.717) is 11.3 Å². The third kappa shape index (κ3) is 4.03. The van der Waals surface area contributed by atoms with E-state index in [1.807, 2.05) is 24.3 Å². The molecule has 0 aliphatic rings. The monoisotopic (exact) mass is 267 g/mol. The van der Waals surface area contributed by atoms with Crippen molar-refractivity contribution in [3.8, 4) is 23.3 Å². The van der Waals surface area contributed by atoms with Gasteiger partial charge in [0.2, 0.25) is 0 Å². The van der Waals surface area contributed by atoms with Gasteiger partial charge in [-0.25, -0.2) is 0 Å². The highest BCUT2D eigenvalue weighted by atomic mass is 16.5. The molecule has 0 saturated carbocycles. The van der Waals surface area contributed by atoms with Crippen LogP contribution in [0, 0.1) is 11.3 Å². The molecule has 0 spiro atoms. The number of nitriles is 1. The Labute approximate surface area is 119 Å². The number of rotatable bonds is 6. The molecule has 3 heteroatoms. The molecule has 2 aromatic carbocycles. The maximum atomic E-state index is 8.73. The average Bonchev–Trinajstić information content (AvgIpc) is 2.50. The minimum absolute atomic E-state index is 0.622. The number of hydrogen-bond donors (Lipinski definition) is 0. The number of ether oxygens (including phenoxy) is 2. The van der Waals surface area contributed by atoms with Crippen LogP contribution in [-0.4, -0.2) is 6.61 Å². The fraction of sp³-hybridized carbons (Fsp3) is 0.235. The van der Waals surface area contributed by atoms with Gasteiger partial charge in [0.05, 0.1) is 18.2 Å². The molecule has 0 aliphatic heterocycles. The molecule has 20 heavy (non-hydrogen) atoms. The number of unbranched alkanes of at least 4 members (excludes halogenated alkanes) is 1. The van der Waals surface area contributed by atoms with Crippen molar-refractivity contribution in [2.75, 3.05) is 6.61 Å². The average molecular weight is 267 g/mol. The van der Waals surface area contributed by atoms with Crippen molar-refractivity contribution >= 4 is 0 Å². The molecule has 0 fully saturated rings. The molecule has 0 aromatic heterocycles. The molecular weight excluding hydrogens is 250 g/mol. The van der Waals surface area contributed by atoms with Gasteiger partial charge in [-0.3, -0.25) is 0 Å². The van der Waals surface area contributed by atoms with Crippen LogP contribution in [0.15, 0.2) is 48.5 Å². The summed E-state index contributed by atoms with van der Waals surface area (Å²) in [5.74, 6) is 2.31. The lowest BCUT2D eigenvalue weighted by atomic mass is 10.2. The molecule has 0 bridgehead atoms. The van der Waals surface area contributed by atoms with Crippen LogP contribution >= 0.6 is 0 Å². The molecule has 3 nitrogen and oxygen atoms in total. The molecule has 0 atom stereocenters. The normalized spacial score (nSPS) is 9.80. The Morgan fingerprint density at radius 1 is 0.900 bits per heavy atom. The van der Waals surface area contributed by atoms with Crippen LogP contribution in [0.3, 0.4) is 0 Å². The Balaban J connectivity index is 1.94. The van der Waals surface area contributed by atoms with E-state index in [9.17, 15) is 0 Å². The molecule has 0 unspecified atom stereocenters. The van der Waals surface area contributed by atoms with Gasteiger partial charge in [-0.15, -0.1) is 0 Å². The van der Waals surface area contributed by atoms with Crippen molar-refractivity contribution in [2.24, 2.45) is 0 Å². The summed E-state index contributed by atoms with van der Waals surface area (Å²) in [5.41, 5.74) is 0.622. The van der Waals surface area contributed by atoms with Gasteiger partial charge in [-0.05, 0) is 55.0 Å². The Bertz CT molecular complexity index is 567. The van der Waals surface area contributed by atoms with Crippen molar-refractivity contribution in [3.63, 3.8) is 0 Å². The molecule has 0 aliphatic carbocycles. The summed E-state index contributed by atoms with van der Waals surface area (Å²) in [4.78, 5) is 0. The van der Waals surface area contributed by atoms with Crippen LogP contribution in [0.1, 0.15) is 25.3 Å². The van der Waals surface area contributed by atoms with Crippen LogP contribution in [0.25, 0.3) is 0 Å². The van der Waals surface area contributed by atoms with E-state index in [2.05, 4.69) is 13.0 Å². The molecule has 0 saturated heterocycles. The predicted octanol–water partition coefficient (Wildman–Crippen LogP) is 4.53. The topological polar surface area (TPSA) is 42.2 Å². The molecule has 0 radical (unpaired) electrons. The molecule has 0 heterocycles. The third-order valence-corrected chi connectivity index (χ3v) is 2.81. The summed E-state index contributed by atoms with van der Waals surface area (Å²) in [6, 6.07) is 16.7. The Kier molecular flexibility index (Phi) is 5.02. The minimum Gasteiger partial charge on any atom is -0.494 e. The quantitative estimate of drug-likeness (QED) is 0.722. The Morgan fingerprint density at radius 3 is 2.00 bits per heavy atom. The van der Waals surface area contributed by atoms with E-state index in [1.54, 1.807) is 24.3 Å². The van der Waals surface area contributed by atoms with Crippen molar-refractivity contribution in [3.05, 3.63) is 54.1 Å².